The van der Waals surface area contributed by atoms with Crippen LogP contribution < -0.4 is 0 Å². The van der Waals surface area contributed by atoms with Crippen molar-refractivity contribution in [3.8, 4) is 12.1 Å². The van der Waals surface area contributed by atoms with Crippen LogP contribution in [0.5, 0.6) is 0 Å². The summed E-state index contributed by atoms with van der Waals surface area (Å²) in [6, 6.07) is 18.4. The first-order valence-corrected chi connectivity index (χ1v) is 8.01. The van der Waals surface area contributed by atoms with E-state index < -0.39 is 5.97 Å². The van der Waals surface area contributed by atoms with Crippen molar-refractivity contribution in [1.29, 1.82) is 10.5 Å². The highest BCUT2D eigenvalue weighted by atomic mass is 16.4. The molecule has 3 aromatic rings. The minimum absolute atomic E-state index is 0.261. The number of hydrogen-bond acceptors (Lipinski definition) is 3. The number of carboxylic acid groups (broad SMARTS) is 1. The van der Waals surface area contributed by atoms with Gasteiger partial charge in [-0.15, -0.1) is 0 Å². The van der Waals surface area contributed by atoms with E-state index in [0.29, 0.717) is 35.2 Å². The van der Waals surface area contributed by atoms with Gasteiger partial charge in [0.05, 0.1) is 28.8 Å². The first-order valence-electron chi connectivity index (χ1n) is 8.01. The Morgan fingerprint density at radius 2 is 1.69 bits per heavy atom. The predicted molar refractivity (Wildman–Crippen MR) is 95.7 cm³/mol. The van der Waals surface area contributed by atoms with Crippen molar-refractivity contribution < 1.29 is 9.90 Å². The van der Waals surface area contributed by atoms with Crippen molar-refractivity contribution in [1.82, 2.24) is 4.98 Å². The van der Waals surface area contributed by atoms with Crippen molar-refractivity contribution in [2.75, 3.05) is 0 Å². The normalized spacial score (nSPS) is 10.1. The molecular weight excluding hydrogens is 326 g/mol. The number of carbonyl (C=O) groups is 1. The Hall–Kier alpha value is -3.83. The summed E-state index contributed by atoms with van der Waals surface area (Å²) in [6.07, 6.45) is 2.58. The molecule has 0 spiro atoms. The number of nitrogens with zero attached hydrogens (tertiary/aromatic N) is 2. The average molecular weight is 341 g/mol. The zero-order valence-electron chi connectivity index (χ0n) is 13.9. The van der Waals surface area contributed by atoms with Gasteiger partial charge in [-0.3, -0.25) is 0 Å². The lowest BCUT2D eigenvalue weighted by Gasteiger charge is -2.05. The Kier molecular flexibility index (Phi) is 4.83. The minimum atomic E-state index is -0.985. The molecule has 0 radical (unpaired) electrons. The molecule has 2 N–H and O–H groups in total. The molecule has 0 atom stereocenters. The topological polar surface area (TPSA) is 101 Å². The Morgan fingerprint density at radius 1 is 0.962 bits per heavy atom. The van der Waals surface area contributed by atoms with Crippen LogP contribution >= 0.6 is 0 Å². The standard InChI is InChI=1S/C21H15N3O2/c22-11-15-6-4-14(5-7-15)9-18-13-24-19(20(18)21(25)26)10-16-2-1-3-17(8-16)12-23/h1-8,13,24H,9-10H2,(H,25,26). The van der Waals surface area contributed by atoms with Crippen molar-refractivity contribution in [2.45, 2.75) is 12.8 Å². The molecule has 0 saturated heterocycles. The minimum Gasteiger partial charge on any atom is -0.478 e. The van der Waals surface area contributed by atoms with Crippen LogP contribution in [0.15, 0.2) is 54.7 Å². The van der Waals surface area contributed by atoms with Crippen LogP contribution in [0.2, 0.25) is 0 Å². The van der Waals surface area contributed by atoms with Gasteiger partial charge >= 0.3 is 5.97 Å². The van der Waals surface area contributed by atoms with Gasteiger partial charge in [0.15, 0.2) is 0 Å². The zero-order valence-corrected chi connectivity index (χ0v) is 13.9. The molecule has 1 heterocycles. The lowest BCUT2D eigenvalue weighted by Crippen LogP contribution is -2.05. The molecular formula is C21H15N3O2. The van der Waals surface area contributed by atoms with Crippen LogP contribution in [0.3, 0.4) is 0 Å². The highest BCUT2D eigenvalue weighted by Gasteiger charge is 2.18. The number of aromatic carboxylic acids is 1. The number of aromatic amines is 1. The second kappa shape index (κ2) is 7.38. The van der Waals surface area contributed by atoms with Crippen LogP contribution in [-0.2, 0) is 12.8 Å². The Labute approximate surface area is 150 Å². The molecule has 1 aromatic heterocycles. The Balaban J connectivity index is 1.89. The molecule has 0 aliphatic carbocycles. The number of nitrogens with one attached hydrogen (secondary N) is 1. The summed E-state index contributed by atoms with van der Waals surface area (Å²) < 4.78 is 0. The summed E-state index contributed by atoms with van der Waals surface area (Å²) in [4.78, 5) is 14.9. The molecule has 0 fully saturated rings. The van der Waals surface area contributed by atoms with E-state index >= 15 is 0 Å². The number of aromatic nitrogens is 1. The Morgan fingerprint density at radius 3 is 2.35 bits per heavy atom. The summed E-state index contributed by atoms with van der Waals surface area (Å²) in [5.41, 5.74) is 4.48. The fraction of sp³-hybridized carbons (Fsp3) is 0.0952. The molecule has 3 rings (SSSR count). The van der Waals surface area contributed by atoms with Gasteiger partial charge in [0.2, 0.25) is 0 Å². The third-order valence-electron chi connectivity index (χ3n) is 4.17. The predicted octanol–water partition coefficient (Wildman–Crippen LogP) is 3.64. The van der Waals surface area contributed by atoms with Gasteiger partial charge in [0.1, 0.15) is 0 Å². The molecule has 0 unspecified atom stereocenters. The van der Waals surface area contributed by atoms with E-state index in [1.54, 1.807) is 36.5 Å². The number of H-pyrrole nitrogens is 1. The third-order valence-corrected chi connectivity index (χ3v) is 4.17. The summed E-state index contributed by atoms with van der Waals surface area (Å²) in [6.45, 7) is 0. The summed E-state index contributed by atoms with van der Waals surface area (Å²) in [5.74, 6) is -0.985. The quantitative estimate of drug-likeness (QED) is 0.740. The maximum atomic E-state index is 11.8. The van der Waals surface area contributed by atoms with E-state index in [2.05, 4.69) is 17.1 Å². The summed E-state index contributed by atoms with van der Waals surface area (Å²) in [7, 11) is 0. The van der Waals surface area contributed by atoms with Crippen LogP contribution in [0.4, 0.5) is 0 Å². The van der Waals surface area contributed by atoms with E-state index in [4.69, 9.17) is 10.5 Å². The first-order chi connectivity index (χ1) is 12.6. The van der Waals surface area contributed by atoms with Crippen molar-refractivity contribution in [3.63, 3.8) is 0 Å². The van der Waals surface area contributed by atoms with Gasteiger partial charge in [-0.25, -0.2) is 4.79 Å². The van der Waals surface area contributed by atoms with Gasteiger partial charge in [0, 0.05) is 18.3 Å². The molecule has 0 bridgehead atoms. The Bertz CT molecular complexity index is 1030. The maximum Gasteiger partial charge on any atom is 0.337 e. The zero-order chi connectivity index (χ0) is 18.5. The largest absolute Gasteiger partial charge is 0.478 e. The second-order valence-corrected chi connectivity index (χ2v) is 5.95. The smallest absolute Gasteiger partial charge is 0.337 e. The number of hydrogen-bond donors (Lipinski definition) is 2. The fourth-order valence-electron chi connectivity index (χ4n) is 2.93. The van der Waals surface area contributed by atoms with Crippen molar-refractivity contribution in [2.24, 2.45) is 0 Å². The number of carboxylic acids is 1. The van der Waals surface area contributed by atoms with Crippen molar-refractivity contribution >= 4 is 5.97 Å². The SMILES string of the molecule is N#Cc1ccc(Cc2c[nH]c(Cc3cccc(C#N)c3)c2C(=O)O)cc1. The molecule has 5 nitrogen and oxygen atoms in total. The number of benzene rings is 2. The second-order valence-electron chi connectivity index (χ2n) is 5.95. The first kappa shape index (κ1) is 17.0. The van der Waals surface area contributed by atoms with Crippen LogP contribution in [0.25, 0.3) is 0 Å². The van der Waals surface area contributed by atoms with Crippen LogP contribution in [0.1, 0.15) is 43.9 Å². The van der Waals surface area contributed by atoms with Crippen LogP contribution in [-0.4, -0.2) is 16.1 Å². The van der Waals surface area contributed by atoms with Gasteiger partial charge in [-0.2, -0.15) is 10.5 Å². The van der Waals surface area contributed by atoms with E-state index in [0.717, 1.165) is 11.1 Å². The summed E-state index contributed by atoms with van der Waals surface area (Å²) in [5, 5.41) is 27.5. The third kappa shape index (κ3) is 3.63. The fourth-order valence-corrected chi connectivity index (χ4v) is 2.93. The van der Waals surface area contributed by atoms with Crippen molar-refractivity contribution in [3.05, 3.63) is 93.8 Å². The van der Waals surface area contributed by atoms with Gasteiger partial charge < -0.3 is 10.1 Å². The lowest BCUT2D eigenvalue weighted by atomic mass is 9.99. The van der Waals surface area contributed by atoms with Crippen LogP contribution in [0, 0.1) is 22.7 Å². The van der Waals surface area contributed by atoms with E-state index in [-0.39, 0.29) is 5.56 Å². The van der Waals surface area contributed by atoms with Gasteiger partial charge in [-0.1, -0.05) is 24.3 Å². The maximum absolute atomic E-state index is 11.8. The number of nitriles is 2. The lowest BCUT2D eigenvalue weighted by molar-refractivity contribution is 0.0695. The molecule has 2 aromatic carbocycles. The molecule has 26 heavy (non-hydrogen) atoms. The number of rotatable bonds is 5. The molecule has 0 aliphatic rings. The molecule has 0 aliphatic heterocycles. The molecule has 0 amide bonds. The van der Waals surface area contributed by atoms with E-state index in [1.807, 2.05) is 18.2 Å². The molecule has 126 valence electrons. The van der Waals surface area contributed by atoms with Gasteiger partial charge in [0.25, 0.3) is 0 Å². The highest BCUT2D eigenvalue weighted by Crippen LogP contribution is 2.21. The average Bonchev–Trinajstić information content (AvgIpc) is 3.04. The molecule has 5 heteroatoms. The monoisotopic (exact) mass is 341 g/mol. The highest BCUT2D eigenvalue weighted by molar-refractivity contribution is 5.91. The summed E-state index contributed by atoms with van der Waals surface area (Å²) >= 11 is 0. The van der Waals surface area contributed by atoms with Gasteiger partial charge in [-0.05, 0) is 47.4 Å². The molecule has 0 saturated carbocycles. The van der Waals surface area contributed by atoms with E-state index in [9.17, 15) is 9.90 Å². The van der Waals surface area contributed by atoms with E-state index in [1.165, 1.54) is 0 Å².